The maximum atomic E-state index is 12.3. The number of thiazole rings is 1. The van der Waals surface area contributed by atoms with Crippen LogP contribution in [0.3, 0.4) is 0 Å². The van der Waals surface area contributed by atoms with Gasteiger partial charge in [-0.05, 0) is 19.9 Å². The Morgan fingerprint density at radius 1 is 1.17 bits per heavy atom. The van der Waals surface area contributed by atoms with Crippen LogP contribution in [0, 0.1) is 0 Å². The summed E-state index contributed by atoms with van der Waals surface area (Å²) >= 11 is 7.52. The van der Waals surface area contributed by atoms with Crippen LogP contribution in [0.1, 0.15) is 19.5 Å². The Bertz CT molecular complexity index is 833. The molecule has 2 aromatic rings. The zero-order valence-corrected chi connectivity index (χ0v) is 14.6. The van der Waals surface area contributed by atoms with Crippen LogP contribution < -0.4 is 0 Å². The number of urea groups is 1. The summed E-state index contributed by atoms with van der Waals surface area (Å²) in [6.45, 7) is 3.34. The van der Waals surface area contributed by atoms with E-state index in [-0.39, 0.29) is 12.6 Å². The van der Waals surface area contributed by atoms with Gasteiger partial charge in [-0.2, -0.15) is 0 Å². The average molecular weight is 364 g/mol. The van der Waals surface area contributed by atoms with Gasteiger partial charge in [0.1, 0.15) is 5.01 Å². The minimum Gasteiger partial charge on any atom is -0.263 e. The lowest BCUT2D eigenvalue weighted by Crippen LogP contribution is -2.37. The second-order valence-corrected chi connectivity index (χ2v) is 6.83. The largest absolute Gasteiger partial charge is 0.334 e. The Morgan fingerprint density at radius 2 is 1.88 bits per heavy atom. The molecule has 8 heteroatoms. The molecule has 1 aromatic carbocycles. The van der Waals surface area contributed by atoms with Crippen LogP contribution in [0.2, 0.25) is 5.02 Å². The topological polar surface area (TPSA) is 70.6 Å². The number of hydrogen-bond donors (Lipinski definition) is 0. The van der Waals surface area contributed by atoms with E-state index in [1.807, 2.05) is 18.2 Å². The molecule has 124 valence electrons. The number of carbonyl (C=O) groups excluding carboxylic acids is 3. The van der Waals surface area contributed by atoms with E-state index < -0.39 is 17.8 Å². The molecular formula is C16H14ClN3O3S. The minimum atomic E-state index is -0.819. The molecule has 0 unspecified atom stereocenters. The van der Waals surface area contributed by atoms with E-state index in [0.717, 1.165) is 15.4 Å². The first-order valence-electron chi connectivity index (χ1n) is 7.28. The molecule has 1 saturated heterocycles. The number of nitrogens with zero attached hydrogens (tertiary/aromatic N) is 3. The number of imide groups is 2. The molecule has 1 aliphatic heterocycles. The first kappa shape index (κ1) is 16.6. The fourth-order valence-corrected chi connectivity index (χ4v) is 3.55. The second-order valence-electron chi connectivity index (χ2n) is 5.57. The summed E-state index contributed by atoms with van der Waals surface area (Å²) in [5.41, 5.74) is 1.32. The Labute approximate surface area is 147 Å². The fourth-order valence-electron chi connectivity index (χ4n) is 2.42. The molecule has 1 aromatic heterocycles. The first-order valence-corrected chi connectivity index (χ1v) is 8.54. The van der Waals surface area contributed by atoms with Gasteiger partial charge in [0.25, 0.3) is 0 Å². The molecule has 0 saturated carbocycles. The predicted molar refractivity (Wildman–Crippen MR) is 90.5 cm³/mol. The van der Waals surface area contributed by atoms with Crippen molar-refractivity contribution in [1.29, 1.82) is 0 Å². The first-order chi connectivity index (χ1) is 11.4. The number of amides is 4. The summed E-state index contributed by atoms with van der Waals surface area (Å²) in [6, 6.07) is 6.33. The monoisotopic (exact) mass is 363 g/mol. The summed E-state index contributed by atoms with van der Waals surface area (Å²) in [5.74, 6) is -1.61. The Balaban J connectivity index is 1.83. The minimum absolute atomic E-state index is 0.0341. The quantitative estimate of drug-likeness (QED) is 0.618. The summed E-state index contributed by atoms with van der Waals surface area (Å²) in [4.78, 5) is 42.5. The van der Waals surface area contributed by atoms with E-state index in [4.69, 9.17) is 11.6 Å². The molecule has 1 fully saturated rings. The van der Waals surface area contributed by atoms with Crippen molar-refractivity contribution < 1.29 is 14.4 Å². The van der Waals surface area contributed by atoms with Gasteiger partial charge in [0.15, 0.2) is 0 Å². The summed E-state index contributed by atoms with van der Waals surface area (Å²) in [6.07, 6.45) is 0. The van der Waals surface area contributed by atoms with Crippen LogP contribution in [0.5, 0.6) is 0 Å². The maximum Gasteiger partial charge on any atom is 0.334 e. The highest BCUT2D eigenvalue weighted by atomic mass is 35.5. The molecule has 0 atom stereocenters. The van der Waals surface area contributed by atoms with Gasteiger partial charge in [0, 0.05) is 17.0 Å². The van der Waals surface area contributed by atoms with E-state index in [2.05, 4.69) is 4.98 Å². The van der Waals surface area contributed by atoms with Crippen molar-refractivity contribution in [2.75, 3.05) is 0 Å². The zero-order valence-electron chi connectivity index (χ0n) is 13.0. The molecular weight excluding hydrogens is 350 g/mol. The van der Waals surface area contributed by atoms with Crippen molar-refractivity contribution in [3.8, 4) is 10.6 Å². The maximum absolute atomic E-state index is 12.3. The number of hydrogen-bond acceptors (Lipinski definition) is 5. The molecule has 0 aliphatic carbocycles. The molecule has 0 radical (unpaired) electrons. The Morgan fingerprint density at radius 3 is 2.50 bits per heavy atom. The third kappa shape index (κ3) is 2.81. The van der Waals surface area contributed by atoms with Gasteiger partial charge in [-0.15, -0.1) is 11.3 Å². The van der Waals surface area contributed by atoms with Gasteiger partial charge in [-0.1, -0.05) is 29.8 Å². The summed E-state index contributed by atoms with van der Waals surface area (Å²) < 4.78 is 0. The SMILES string of the molecule is CC(C)N1C(=O)C(=O)N(Cc2csc(-c3ccccc3Cl)n2)C1=O. The van der Waals surface area contributed by atoms with Crippen LogP contribution in [-0.4, -0.2) is 38.7 Å². The van der Waals surface area contributed by atoms with Crippen molar-refractivity contribution in [3.05, 3.63) is 40.4 Å². The molecule has 4 amide bonds. The van der Waals surface area contributed by atoms with E-state index in [1.165, 1.54) is 11.3 Å². The molecule has 2 heterocycles. The molecule has 1 aliphatic rings. The average Bonchev–Trinajstić information content (AvgIpc) is 3.07. The number of carbonyl (C=O) groups is 3. The van der Waals surface area contributed by atoms with Crippen LogP contribution in [0.25, 0.3) is 10.6 Å². The lowest BCUT2D eigenvalue weighted by atomic mass is 10.2. The van der Waals surface area contributed by atoms with Crippen molar-refractivity contribution in [3.63, 3.8) is 0 Å². The standard InChI is InChI=1S/C16H14ClN3O3S/c1-9(2)20-15(22)14(21)19(16(20)23)7-10-8-24-13(18-10)11-5-3-4-6-12(11)17/h3-6,8-9H,7H2,1-2H3. The molecule has 0 N–H and O–H groups in total. The van der Waals surface area contributed by atoms with Crippen molar-refractivity contribution in [2.45, 2.75) is 26.4 Å². The van der Waals surface area contributed by atoms with Gasteiger partial charge in [0.2, 0.25) is 0 Å². The predicted octanol–water partition coefficient (Wildman–Crippen LogP) is 3.16. The summed E-state index contributed by atoms with van der Waals surface area (Å²) in [5, 5.41) is 3.02. The van der Waals surface area contributed by atoms with Gasteiger partial charge in [0.05, 0.1) is 17.3 Å². The molecule has 0 bridgehead atoms. The van der Waals surface area contributed by atoms with Gasteiger partial charge >= 0.3 is 17.8 Å². The third-order valence-electron chi connectivity index (χ3n) is 3.58. The highest BCUT2D eigenvalue weighted by Crippen LogP contribution is 2.30. The highest BCUT2D eigenvalue weighted by molar-refractivity contribution is 7.13. The van der Waals surface area contributed by atoms with E-state index in [1.54, 1.807) is 25.3 Å². The van der Waals surface area contributed by atoms with Gasteiger partial charge in [-0.3, -0.25) is 14.5 Å². The Hall–Kier alpha value is -2.25. The van der Waals surface area contributed by atoms with E-state index >= 15 is 0 Å². The molecule has 0 spiro atoms. The number of halogens is 1. The molecule has 3 rings (SSSR count). The van der Waals surface area contributed by atoms with Crippen LogP contribution in [0.15, 0.2) is 29.6 Å². The lowest BCUT2D eigenvalue weighted by Gasteiger charge is -2.17. The van der Waals surface area contributed by atoms with E-state index in [9.17, 15) is 14.4 Å². The second kappa shape index (κ2) is 6.33. The van der Waals surface area contributed by atoms with E-state index in [0.29, 0.717) is 15.7 Å². The smallest absolute Gasteiger partial charge is 0.263 e. The normalized spacial score (nSPS) is 15.1. The van der Waals surface area contributed by atoms with Gasteiger partial charge in [-0.25, -0.2) is 14.7 Å². The third-order valence-corrected chi connectivity index (χ3v) is 4.83. The highest BCUT2D eigenvalue weighted by Gasteiger charge is 2.45. The molecule has 24 heavy (non-hydrogen) atoms. The summed E-state index contributed by atoms with van der Waals surface area (Å²) in [7, 11) is 0. The van der Waals surface area contributed by atoms with Crippen LogP contribution in [-0.2, 0) is 16.1 Å². The fraction of sp³-hybridized carbons (Fsp3) is 0.250. The number of rotatable bonds is 4. The number of aromatic nitrogens is 1. The van der Waals surface area contributed by atoms with Crippen molar-refractivity contribution in [1.82, 2.24) is 14.8 Å². The van der Waals surface area contributed by atoms with Crippen molar-refractivity contribution in [2.24, 2.45) is 0 Å². The van der Waals surface area contributed by atoms with Gasteiger partial charge < -0.3 is 0 Å². The Kier molecular flexibility index (Phi) is 4.38. The lowest BCUT2D eigenvalue weighted by molar-refractivity contribution is -0.144. The van der Waals surface area contributed by atoms with Crippen LogP contribution in [0.4, 0.5) is 4.79 Å². The van der Waals surface area contributed by atoms with Crippen molar-refractivity contribution >= 4 is 40.8 Å². The zero-order chi connectivity index (χ0) is 17.4. The molecule has 6 nitrogen and oxygen atoms in total. The number of benzene rings is 1. The van der Waals surface area contributed by atoms with Crippen LogP contribution >= 0.6 is 22.9 Å².